The van der Waals surface area contributed by atoms with E-state index in [1.165, 1.54) is 45.0 Å². The van der Waals surface area contributed by atoms with E-state index in [1.54, 1.807) is 0 Å². The van der Waals surface area contributed by atoms with Crippen molar-refractivity contribution < 1.29 is 34.4 Å². The molecule has 0 unspecified atom stereocenters. The molecule has 0 saturated heterocycles. The number of carbonyl (C=O) groups excluding carboxylic acids is 1. The van der Waals surface area contributed by atoms with Gasteiger partial charge >= 0.3 is 0 Å². The van der Waals surface area contributed by atoms with Gasteiger partial charge in [0.05, 0.1) is 0 Å². The van der Waals surface area contributed by atoms with Crippen LogP contribution in [0.5, 0.6) is 0 Å². The van der Waals surface area contributed by atoms with Gasteiger partial charge in [0.1, 0.15) is 17.1 Å². The minimum absolute atomic E-state index is 0. The number of carbonyl (C=O) groups is 1. The smallest absolute Gasteiger partial charge is 0.164 e. The topological polar surface area (TPSA) is 76.2 Å². The maximum absolute atomic E-state index is 12.2. The molecular formula is C49H55IrN2O3-. The maximum Gasteiger partial charge on any atom is 0.164 e. The van der Waals surface area contributed by atoms with Crippen LogP contribution < -0.4 is 0 Å². The van der Waals surface area contributed by atoms with Crippen molar-refractivity contribution in [1.29, 1.82) is 0 Å². The Morgan fingerprint density at radius 1 is 0.836 bits per heavy atom. The molecule has 5 nitrogen and oxygen atoms in total. The number of fused-ring (bicyclic) bond motifs is 6. The Labute approximate surface area is 341 Å². The first-order chi connectivity index (χ1) is 26.0. The number of hydrogen-bond acceptors (Lipinski definition) is 5. The molecular weight excluding hydrogens is 857 g/mol. The fraction of sp³-hybridized carbons (Fsp3) is 0.367. The van der Waals surface area contributed by atoms with Crippen molar-refractivity contribution >= 4 is 27.5 Å². The van der Waals surface area contributed by atoms with Gasteiger partial charge in [0.25, 0.3) is 0 Å². The fourth-order valence-electron chi connectivity index (χ4n) is 7.48. The number of aliphatic hydroxyl groups excluding tert-OH is 1. The second-order valence-corrected chi connectivity index (χ2v) is 15.8. The molecule has 1 aliphatic rings. The molecule has 1 radical (unpaired) electrons. The van der Waals surface area contributed by atoms with Gasteiger partial charge in [-0.05, 0) is 73.3 Å². The summed E-state index contributed by atoms with van der Waals surface area (Å²) in [5.74, 6) is 1.90. The van der Waals surface area contributed by atoms with Crippen molar-refractivity contribution in [2.75, 3.05) is 0 Å². The molecule has 6 aromatic rings. The summed E-state index contributed by atoms with van der Waals surface area (Å²) in [5.41, 5.74) is 9.44. The van der Waals surface area contributed by atoms with Gasteiger partial charge in [-0.1, -0.05) is 120 Å². The van der Waals surface area contributed by atoms with Crippen LogP contribution in [0, 0.1) is 22.8 Å². The van der Waals surface area contributed by atoms with Crippen LogP contribution in [0.1, 0.15) is 98.1 Å². The molecule has 0 saturated carbocycles. The summed E-state index contributed by atoms with van der Waals surface area (Å²) in [5, 5.41) is 13.5. The zero-order valence-electron chi connectivity index (χ0n) is 33.7. The molecule has 0 atom stereocenters. The van der Waals surface area contributed by atoms with Crippen molar-refractivity contribution in [2.45, 2.75) is 100 Å². The predicted octanol–water partition coefficient (Wildman–Crippen LogP) is 13.1. The Morgan fingerprint density at radius 3 is 2.16 bits per heavy atom. The van der Waals surface area contributed by atoms with E-state index < -0.39 is 0 Å². The number of allylic oxidation sites excluding steroid dienone is 2. The first-order valence-corrected chi connectivity index (χ1v) is 19.8. The number of ketones is 1. The number of hydrogen-bond donors (Lipinski definition) is 1. The maximum atomic E-state index is 12.2. The Balaban J connectivity index is 0.000000276. The fourth-order valence-corrected chi connectivity index (χ4v) is 7.48. The number of aromatic nitrogens is 2. The van der Waals surface area contributed by atoms with Crippen molar-refractivity contribution in [3.63, 3.8) is 0 Å². The first kappa shape index (κ1) is 41.8. The molecule has 1 aliphatic carbocycles. The third-order valence-corrected chi connectivity index (χ3v) is 12.0. The Morgan fingerprint density at radius 2 is 1.49 bits per heavy atom. The van der Waals surface area contributed by atoms with Crippen molar-refractivity contribution in [2.24, 2.45) is 16.7 Å². The molecule has 7 rings (SSSR count). The van der Waals surface area contributed by atoms with E-state index in [9.17, 15) is 9.90 Å². The van der Waals surface area contributed by atoms with E-state index in [0.29, 0.717) is 5.92 Å². The third kappa shape index (κ3) is 8.42. The monoisotopic (exact) mass is 912 g/mol. The second kappa shape index (κ2) is 17.6. The molecule has 3 aromatic carbocycles. The first-order valence-electron chi connectivity index (χ1n) is 19.8. The van der Waals surface area contributed by atoms with E-state index in [-0.39, 0.29) is 42.5 Å². The minimum Gasteiger partial charge on any atom is -0.512 e. The molecule has 0 amide bonds. The van der Waals surface area contributed by atoms with Gasteiger partial charge in [-0.3, -0.25) is 14.8 Å². The molecule has 55 heavy (non-hydrogen) atoms. The van der Waals surface area contributed by atoms with Crippen LogP contribution >= 0.6 is 0 Å². The normalized spacial score (nSPS) is 12.9. The minimum atomic E-state index is -0.337. The summed E-state index contributed by atoms with van der Waals surface area (Å²) in [4.78, 5) is 21.8. The molecule has 289 valence electrons. The van der Waals surface area contributed by atoms with E-state index in [4.69, 9.17) is 14.4 Å². The summed E-state index contributed by atoms with van der Waals surface area (Å²) in [6.07, 6.45) is 11.4. The van der Waals surface area contributed by atoms with Gasteiger partial charge in [-0.2, -0.15) is 0 Å². The molecule has 3 heterocycles. The molecule has 0 fully saturated rings. The number of aryl methyl sites for hydroxylation is 1. The van der Waals surface area contributed by atoms with Crippen LogP contribution in [-0.4, -0.2) is 20.9 Å². The predicted molar refractivity (Wildman–Crippen MR) is 224 cm³/mol. The number of aliphatic hydroxyl groups is 1. The van der Waals surface area contributed by atoms with Crippen molar-refractivity contribution in [3.8, 4) is 33.5 Å². The van der Waals surface area contributed by atoms with Gasteiger partial charge < -0.3 is 9.52 Å². The molecule has 0 spiro atoms. The Kier molecular flexibility index (Phi) is 13.4. The van der Waals surface area contributed by atoms with Gasteiger partial charge in [-0.15, -0.1) is 23.6 Å². The van der Waals surface area contributed by atoms with E-state index in [0.717, 1.165) is 78.3 Å². The molecule has 0 aliphatic heterocycles. The standard InChI is InChI=1S/C34H27N2O.C15H28O2.Ir/c1-21(2)18-30-26-12-13-31-32(27(26)14-16-35-30)28-15-17-36-33(34(28)37-31)24-19-23-10-6-7-11-25(23)29(20-24)22-8-4-3-5-9-22;1-7-14(5,8-2)12(16)11-13(17)15(6,9-3)10-4;/h3-11,14-17,20-21H,12-13,18H2,1-2H3;11,16H,7-10H2,1-6H3;/q-1;;/b;12-11-;. The quantitative estimate of drug-likeness (QED) is 0.0796. The SMILES string of the molecule is CC(C)Cc1nccc2c1CCc1oc3c(-c4[c-]c5ccccc5c(-c5ccccc5)c4)nccc3c1-2.CCC(C)(CC)C(=O)/C=C(\O)C(C)(CC)CC.[Ir]. The summed E-state index contributed by atoms with van der Waals surface area (Å²) in [6.45, 7) is 16.6. The van der Waals surface area contributed by atoms with Crippen molar-refractivity contribution in [1.82, 2.24) is 9.97 Å². The number of pyridine rings is 2. The van der Waals surface area contributed by atoms with Gasteiger partial charge in [-0.25, -0.2) is 0 Å². The summed E-state index contributed by atoms with van der Waals surface area (Å²) in [7, 11) is 0. The Bertz CT molecular complexity index is 2290. The van der Waals surface area contributed by atoms with Gasteiger partial charge in [0.15, 0.2) is 5.78 Å². The van der Waals surface area contributed by atoms with Crippen LogP contribution in [0.15, 0.2) is 101 Å². The number of furan rings is 1. The zero-order chi connectivity index (χ0) is 38.6. The largest absolute Gasteiger partial charge is 0.512 e. The van der Waals surface area contributed by atoms with Crippen LogP contribution in [0.4, 0.5) is 0 Å². The second-order valence-electron chi connectivity index (χ2n) is 15.8. The van der Waals surface area contributed by atoms with Crippen LogP contribution in [0.25, 0.3) is 55.3 Å². The van der Waals surface area contributed by atoms with Crippen LogP contribution in [0.2, 0.25) is 0 Å². The van der Waals surface area contributed by atoms with Gasteiger partial charge in [0.2, 0.25) is 0 Å². The molecule has 6 heteroatoms. The number of benzene rings is 3. The molecule has 0 bridgehead atoms. The van der Waals surface area contributed by atoms with Gasteiger partial charge in [0, 0.05) is 78.2 Å². The summed E-state index contributed by atoms with van der Waals surface area (Å²) < 4.78 is 6.61. The van der Waals surface area contributed by atoms with Crippen molar-refractivity contribution in [3.05, 3.63) is 120 Å². The number of nitrogens with zero attached hydrogens (tertiary/aromatic N) is 2. The van der Waals surface area contributed by atoms with E-state index >= 15 is 0 Å². The molecule has 3 aromatic heterocycles. The van der Waals surface area contributed by atoms with Crippen LogP contribution in [-0.2, 0) is 44.2 Å². The summed E-state index contributed by atoms with van der Waals surface area (Å²) >= 11 is 0. The average Bonchev–Trinajstić information content (AvgIpc) is 3.60. The third-order valence-electron chi connectivity index (χ3n) is 12.0. The van der Waals surface area contributed by atoms with Crippen LogP contribution in [0.3, 0.4) is 0 Å². The Hall–Kier alpha value is -4.38. The van der Waals surface area contributed by atoms with E-state index in [1.807, 2.05) is 53.9 Å². The zero-order valence-corrected chi connectivity index (χ0v) is 36.1. The molecule has 1 N–H and O–H groups in total. The summed E-state index contributed by atoms with van der Waals surface area (Å²) in [6, 6.07) is 29.1. The average molecular weight is 912 g/mol. The number of rotatable bonds is 11. The van der Waals surface area contributed by atoms with E-state index in [2.05, 4.69) is 92.7 Å².